The van der Waals surface area contributed by atoms with Crippen LogP contribution in [0.5, 0.6) is 0 Å². The summed E-state index contributed by atoms with van der Waals surface area (Å²) in [7, 11) is 0. The number of hydrogen-bond donors (Lipinski definition) is 2. The average molecular weight is 326 g/mol. The molecule has 24 heavy (non-hydrogen) atoms. The summed E-state index contributed by atoms with van der Waals surface area (Å²) in [6.45, 7) is 7.38. The smallest absolute Gasteiger partial charge is 0.125 e. The number of aryl methyl sites for hydroxylation is 1. The molecular weight excluding hydrogens is 303 g/mol. The van der Waals surface area contributed by atoms with E-state index in [2.05, 4.69) is 28.8 Å². The van der Waals surface area contributed by atoms with Crippen molar-refractivity contribution in [3.8, 4) is 11.1 Å². The van der Waals surface area contributed by atoms with Crippen molar-refractivity contribution in [1.82, 2.24) is 20.1 Å². The first-order chi connectivity index (χ1) is 11.6. The minimum absolute atomic E-state index is 0.217. The Kier molecular flexibility index (Phi) is 3.88. The number of H-pyrrole nitrogens is 1. The maximum absolute atomic E-state index is 13.4. The molecule has 1 aliphatic heterocycles. The molecule has 5 heteroatoms. The maximum Gasteiger partial charge on any atom is 0.125 e. The highest BCUT2D eigenvalue weighted by molar-refractivity contribution is 5.96. The van der Waals surface area contributed by atoms with Crippen LogP contribution < -0.4 is 5.32 Å². The third-order valence-electron chi connectivity index (χ3n) is 5.18. The fraction of sp³-hybridized carbons (Fsp3) is 0.421. The van der Waals surface area contributed by atoms with Crippen LogP contribution in [-0.2, 0) is 6.54 Å². The van der Waals surface area contributed by atoms with Gasteiger partial charge in [0, 0.05) is 40.5 Å². The van der Waals surface area contributed by atoms with Gasteiger partial charge in [-0.3, -0.25) is 4.68 Å². The number of rotatable bonds is 3. The van der Waals surface area contributed by atoms with E-state index in [0.29, 0.717) is 5.92 Å². The van der Waals surface area contributed by atoms with Gasteiger partial charge in [-0.25, -0.2) is 4.39 Å². The molecule has 0 radical (unpaired) electrons. The summed E-state index contributed by atoms with van der Waals surface area (Å²) < 4.78 is 15.6. The zero-order valence-electron chi connectivity index (χ0n) is 14.2. The van der Waals surface area contributed by atoms with Crippen molar-refractivity contribution in [1.29, 1.82) is 0 Å². The van der Waals surface area contributed by atoms with Gasteiger partial charge in [0.15, 0.2) is 0 Å². The summed E-state index contributed by atoms with van der Waals surface area (Å²) in [5.74, 6) is 0.472. The molecule has 0 bridgehead atoms. The molecule has 0 saturated carbocycles. The number of hydrogen-bond acceptors (Lipinski definition) is 2. The molecule has 1 aliphatic rings. The van der Waals surface area contributed by atoms with Crippen molar-refractivity contribution in [2.45, 2.75) is 33.2 Å². The topological polar surface area (TPSA) is 45.6 Å². The van der Waals surface area contributed by atoms with E-state index in [1.807, 2.05) is 12.3 Å². The highest BCUT2D eigenvalue weighted by atomic mass is 19.1. The molecule has 4 rings (SSSR count). The molecule has 3 aromatic rings. The van der Waals surface area contributed by atoms with Crippen LogP contribution in [0.4, 0.5) is 4.39 Å². The first-order valence-corrected chi connectivity index (χ1v) is 8.65. The standard InChI is InChI=1S/C19H23FN4/c1-12-19(17-10-22-18-9-15(20)3-4-16(17)18)13(2)24(23-12)11-14-5-7-21-8-6-14/h3-4,9-10,14,21-22H,5-8,11H2,1-2H3. The molecule has 0 atom stereocenters. The Balaban J connectivity index is 1.72. The van der Waals surface area contributed by atoms with Gasteiger partial charge in [-0.05, 0) is 63.9 Å². The Morgan fingerprint density at radius 1 is 1.25 bits per heavy atom. The molecule has 126 valence electrons. The second-order valence-corrected chi connectivity index (χ2v) is 6.81. The van der Waals surface area contributed by atoms with Crippen molar-refractivity contribution >= 4 is 10.9 Å². The van der Waals surface area contributed by atoms with Gasteiger partial charge in [-0.1, -0.05) is 0 Å². The predicted octanol–water partition coefficient (Wildman–Crippen LogP) is 3.79. The van der Waals surface area contributed by atoms with Crippen LogP contribution >= 0.6 is 0 Å². The highest BCUT2D eigenvalue weighted by Gasteiger charge is 2.20. The average Bonchev–Trinajstić information content (AvgIpc) is 3.09. The number of benzene rings is 1. The zero-order valence-corrected chi connectivity index (χ0v) is 14.2. The van der Waals surface area contributed by atoms with E-state index in [4.69, 9.17) is 5.10 Å². The SMILES string of the molecule is Cc1nn(CC2CCNCC2)c(C)c1-c1c[nH]c2cc(F)ccc12. The molecule has 0 unspecified atom stereocenters. The number of piperidine rings is 1. The van der Waals surface area contributed by atoms with Crippen LogP contribution in [0, 0.1) is 25.6 Å². The lowest BCUT2D eigenvalue weighted by atomic mass is 9.98. The summed E-state index contributed by atoms with van der Waals surface area (Å²) in [6, 6.07) is 4.91. The van der Waals surface area contributed by atoms with Crippen molar-refractivity contribution in [3.63, 3.8) is 0 Å². The molecular formula is C19H23FN4. The van der Waals surface area contributed by atoms with Gasteiger partial charge < -0.3 is 10.3 Å². The van der Waals surface area contributed by atoms with Gasteiger partial charge in [0.25, 0.3) is 0 Å². The van der Waals surface area contributed by atoms with E-state index >= 15 is 0 Å². The largest absolute Gasteiger partial charge is 0.360 e. The Morgan fingerprint density at radius 2 is 2.04 bits per heavy atom. The highest BCUT2D eigenvalue weighted by Crippen LogP contribution is 2.34. The quantitative estimate of drug-likeness (QED) is 0.769. The van der Waals surface area contributed by atoms with Gasteiger partial charge >= 0.3 is 0 Å². The molecule has 0 amide bonds. The Hall–Kier alpha value is -2.14. The molecule has 2 aromatic heterocycles. The molecule has 3 heterocycles. The van der Waals surface area contributed by atoms with Crippen molar-refractivity contribution in [2.24, 2.45) is 5.92 Å². The lowest BCUT2D eigenvalue weighted by Gasteiger charge is -2.23. The summed E-state index contributed by atoms with van der Waals surface area (Å²) in [4.78, 5) is 3.19. The van der Waals surface area contributed by atoms with E-state index in [9.17, 15) is 4.39 Å². The molecule has 1 aromatic carbocycles. The van der Waals surface area contributed by atoms with Crippen molar-refractivity contribution in [3.05, 3.63) is 41.6 Å². The van der Waals surface area contributed by atoms with Gasteiger partial charge in [0.05, 0.1) is 5.69 Å². The van der Waals surface area contributed by atoms with Gasteiger partial charge in [0.1, 0.15) is 5.82 Å². The molecule has 1 saturated heterocycles. The fourth-order valence-electron chi connectivity index (χ4n) is 3.88. The number of aromatic nitrogens is 3. The molecule has 0 spiro atoms. The number of nitrogens with one attached hydrogen (secondary N) is 2. The minimum Gasteiger partial charge on any atom is -0.360 e. The number of halogens is 1. The van der Waals surface area contributed by atoms with Crippen LogP contribution in [-0.4, -0.2) is 27.9 Å². The summed E-state index contributed by atoms with van der Waals surface area (Å²) in [5, 5.41) is 9.25. The molecule has 0 aliphatic carbocycles. The second-order valence-electron chi connectivity index (χ2n) is 6.81. The van der Waals surface area contributed by atoms with Crippen LogP contribution in [0.1, 0.15) is 24.2 Å². The number of aromatic amines is 1. The summed E-state index contributed by atoms with van der Waals surface area (Å²) >= 11 is 0. The summed E-state index contributed by atoms with van der Waals surface area (Å²) in [5.41, 5.74) is 5.33. The fourth-order valence-corrected chi connectivity index (χ4v) is 3.88. The van der Waals surface area contributed by atoms with E-state index in [-0.39, 0.29) is 5.82 Å². The van der Waals surface area contributed by atoms with Crippen molar-refractivity contribution in [2.75, 3.05) is 13.1 Å². The van der Waals surface area contributed by atoms with Crippen molar-refractivity contribution < 1.29 is 4.39 Å². The monoisotopic (exact) mass is 326 g/mol. The van der Waals surface area contributed by atoms with E-state index < -0.39 is 0 Å². The second kappa shape index (κ2) is 6.06. The van der Waals surface area contributed by atoms with Crippen LogP contribution in [0.25, 0.3) is 22.0 Å². The third kappa shape index (κ3) is 2.63. The lowest BCUT2D eigenvalue weighted by molar-refractivity contribution is 0.318. The Morgan fingerprint density at radius 3 is 2.83 bits per heavy atom. The molecule has 1 fully saturated rings. The lowest BCUT2D eigenvalue weighted by Crippen LogP contribution is -2.30. The van der Waals surface area contributed by atoms with Gasteiger partial charge in [-0.2, -0.15) is 5.10 Å². The van der Waals surface area contributed by atoms with E-state index in [1.54, 1.807) is 6.07 Å². The van der Waals surface area contributed by atoms with Crippen LogP contribution in [0.3, 0.4) is 0 Å². The Bertz CT molecular complexity index is 871. The normalized spacial score (nSPS) is 16.1. The first kappa shape index (κ1) is 15.4. The maximum atomic E-state index is 13.4. The van der Waals surface area contributed by atoms with Gasteiger partial charge in [0.2, 0.25) is 0 Å². The number of fused-ring (bicyclic) bond motifs is 1. The summed E-state index contributed by atoms with van der Waals surface area (Å²) in [6.07, 6.45) is 4.38. The van der Waals surface area contributed by atoms with E-state index in [1.165, 1.54) is 30.2 Å². The predicted molar refractivity (Wildman–Crippen MR) is 94.5 cm³/mol. The van der Waals surface area contributed by atoms with Gasteiger partial charge in [-0.15, -0.1) is 0 Å². The van der Waals surface area contributed by atoms with Crippen LogP contribution in [0.15, 0.2) is 24.4 Å². The Labute approximate surface area is 141 Å². The first-order valence-electron chi connectivity index (χ1n) is 8.65. The third-order valence-corrected chi connectivity index (χ3v) is 5.18. The van der Waals surface area contributed by atoms with E-state index in [0.717, 1.165) is 41.8 Å². The van der Waals surface area contributed by atoms with Crippen LogP contribution in [0.2, 0.25) is 0 Å². The molecule has 4 nitrogen and oxygen atoms in total. The molecule has 2 N–H and O–H groups in total. The minimum atomic E-state index is -0.217. The zero-order chi connectivity index (χ0) is 16.7. The number of nitrogens with zero attached hydrogens (tertiary/aromatic N) is 2.